The van der Waals surface area contributed by atoms with E-state index in [-0.39, 0.29) is 13.0 Å². The van der Waals surface area contributed by atoms with Crippen molar-refractivity contribution in [1.82, 2.24) is 14.8 Å². The second kappa shape index (κ2) is 2.88. The minimum Gasteiger partial charge on any atom is -0.247 e. The van der Waals surface area contributed by atoms with Crippen molar-refractivity contribution in [1.29, 1.82) is 5.26 Å². The lowest BCUT2D eigenvalue weighted by Gasteiger charge is -1.88. The number of hydrogen-bond acceptors (Lipinski definition) is 3. The Hall–Kier alpha value is -1.77. The van der Waals surface area contributed by atoms with E-state index in [1.807, 2.05) is 6.07 Å². The lowest BCUT2D eigenvalue weighted by atomic mass is 10.5. The van der Waals surface area contributed by atoms with Crippen molar-refractivity contribution in [2.45, 2.75) is 13.0 Å². The summed E-state index contributed by atoms with van der Waals surface area (Å²) < 4.78 is 0.934. The molecule has 0 amide bonds. The van der Waals surface area contributed by atoms with Gasteiger partial charge >= 0.3 is 11.4 Å². The largest absolute Gasteiger partial charge is 0.344 e. The van der Waals surface area contributed by atoms with Crippen molar-refractivity contribution in [3.8, 4) is 6.07 Å². The predicted octanol–water partition coefficient (Wildman–Crippen LogP) is -1.22. The average molecular weight is 154 g/mol. The summed E-state index contributed by atoms with van der Waals surface area (Å²) in [5, 5.41) is 12.4. The molecule has 0 aromatic carbocycles. The summed E-state index contributed by atoms with van der Waals surface area (Å²) >= 11 is 0. The molecule has 0 unspecified atom stereocenters. The van der Waals surface area contributed by atoms with E-state index in [4.69, 9.17) is 5.26 Å². The molecule has 0 atom stereocenters. The zero-order chi connectivity index (χ0) is 8.27. The van der Waals surface area contributed by atoms with E-state index in [1.165, 1.54) is 0 Å². The molecule has 0 spiro atoms. The van der Waals surface area contributed by atoms with Gasteiger partial charge in [-0.15, -0.1) is 0 Å². The molecule has 2 N–H and O–H groups in total. The highest BCUT2D eigenvalue weighted by atomic mass is 16.2. The van der Waals surface area contributed by atoms with Crippen molar-refractivity contribution in [3.63, 3.8) is 0 Å². The highest BCUT2D eigenvalue weighted by Crippen LogP contribution is 1.76. The van der Waals surface area contributed by atoms with Gasteiger partial charge in [0.1, 0.15) is 0 Å². The number of nitrogens with zero attached hydrogens (tertiary/aromatic N) is 2. The maximum absolute atomic E-state index is 10.7. The van der Waals surface area contributed by atoms with Crippen LogP contribution in [0.2, 0.25) is 0 Å². The van der Waals surface area contributed by atoms with Gasteiger partial charge in [0.25, 0.3) is 0 Å². The molecule has 0 saturated heterocycles. The van der Waals surface area contributed by atoms with Gasteiger partial charge in [0.2, 0.25) is 0 Å². The first-order chi connectivity index (χ1) is 5.25. The van der Waals surface area contributed by atoms with Crippen LogP contribution in [-0.4, -0.2) is 14.8 Å². The fourth-order valence-electron chi connectivity index (χ4n) is 0.699. The molecule has 58 valence electrons. The first-order valence-corrected chi connectivity index (χ1v) is 3.00. The van der Waals surface area contributed by atoms with E-state index >= 15 is 0 Å². The summed E-state index contributed by atoms with van der Waals surface area (Å²) in [6.07, 6.45) is 0.154. The Labute approximate surface area is 61.1 Å². The van der Waals surface area contributed by atoms with Crippen LogP contribution >= 0.6 is 0 Å². The standard InChI is InChI=1S/C5H6N4O2/c6-2-1-3-9-4(10)7-8-5(9)11/h1,3H2,(H,7,10)(H,8,11). The van der Waals surface area contributed by atoms with Crippen LogP contribution in [-0.2, 0) is 6.54 Å². The molecular weight excluding hydrogens is 148 g/mol. The first-order valence-electron chi connectivity index (χ1n) is 3.00. The topological polar surface area (TPSA) is 94.4 Å². The van der Waals surface area contributed by atoms with E-state index in [9.17, 15) is 9.59 Å². The molecule has 1 aromatic heterocycles. The lowest BCUT2D eigenvalue weighted by molar-refractivity contribution is 0.665. The molecule has 0 radical (unpaired) electrons. The summed E-state index contributed by atoms with van der Waals surface area (Å²) in [7, 11) is 0. The van der Waals surface area contributed by atoms with E-state index in [2.05, 4.69) is 10.2 Å². The fourth-order valence-corrected chi connectivity index (χ4v) is 0.699. The van der Waals surface area contributed by atoms with Gasteiger partial charge in [-0.25, -0.2) is 24.4 Å². The summed E-state index contributed by atoms with van der Waals surface area (Å²) in [4.78, 5) is 21.4. The van der Waals surface area contributed by atoms with Crippen molar-refractivity contribution >= 4 is 0 Å². The maximum atomic E-state index is 10.7. The summed E-state index contributed by atoms with van der Waals surface area (Å²) in [6.45, 7) is 0.133. The Morgan fingerprint density at radius 3 is 2.36 bits per heavy atom. The van der Waals surface area contributed by atoms with Gasteiger partial charge in [-0.3, -0.25) is 0 Å². The summed E-state index contributed by atoms with van der Waals surface area (Å²) in [5.41, 5.74) is -1.02. The normalized spacial score (nSPS) is 9.36. The molecule has 0 aliphatic carbocycles. The van der Waals surface area contributed by atoms with E-state index in [0.29, 0.717) is 0 Å². The molecule has 6 nitrogen and oxygen atoms in total. The predicted molar refractivity (Wildman–Crippen MR) is 35.9 cm³/mol. The average Bonchev–Trinajstić information content (AvgIpc) is 2.29. The molecule has 1 heterocycles. The zero-order valence-corrected chi connectivity index (χ0v) is 5.63. The van der Waals surface area contributed by atoms with Gasteiger partial charge in [-0.05, 0) is 0 Å². The highest BCUT2D eigenvalue weighted by molar-refractivity contribution is 4.72. The molecule has 0 aliphatic rings. The smallest absolute Gasteiger partial charge is 0.247 e. The molecule has 0 aliphatic heterocycles. The van der Waals surface area contributed by atoms with Crippen LogP contribution in [0.25, 0.3) is 0 Å². The number of aromatic nitrogens is 3. The lowest BCUT2D eigenvalue weighted by Crippen LogP contribution is -2.26. The van der Waals surface area contributed by atoms with E-state index < -0.39 is 11.4 Å². The van der Waals surface area contributed by atoms with Crippen LogP contribution in [0.15, 0.2) is 9.59 Å². The number of hydrogen-bond donors (Lipinski definition) is 2. The molecule has 6 heteroatoms. The molecule has 11 heavy (non-hydrogen) atoms. The SMILES string of the molecule is N#CCCn1c(=O)[nH][nH]c1=O. The number of nitrogens with one attached hydrogen (secondary N) is 2. The van der Waals surface area contributed by atoms with Crippen molar-refractivity contribution in [3.05, 3.63) is 21.0 Å². The van der Waals surface area contributed by atoms with E-state index in [0.717, 1.165) is 4.57 Å². The summed E-state index contributed by atoms with van der Waals surface area (Å²) in [6, 6.07) is 1.83. The van der Waals surface area contributed by atoms with Crippen LogP contribution in [0.5, 0.6) is 0 Å². The van der Waals surface area contributed by atoms with Crippen LogP contribution in [0.4, 0.5) is 0 Å². The van der Waals surface area contributed by atoms with Crippen molar-refractivity contribution in [2.24, 2.45) is 0 Å². The van der Waals surface area contributed by atoms with Gasteiger partial charge in [-0.2, -0.15) is 5.26 Å². The third kappa shape index (κ3) is 1.38. The number of nitriles is 1. The number of aromatic amines is 2. The third-order valence-corrected chi connectivity index (χ3v) is 1.21. The van der Waals surface area contributed by atoms with Crippen LogP contribution < -0.4 is 11.4 Å². The van der Waals surface area contributed by atoms with Crippen molar-refractivity contribution < 1.29 is 0 Å². The zero-order valence-electron chi connectivity index (χ0n) is 5.63. The molecule has 0 saturated carbocycles. The molecule has 0 fully saturated rings. The van der Waals surface area contributed by atoms with Gasteiger partial charge < -0.3 is 0 Å². The van der Waals surface area contributed by atoms with E-state index in [1.54, 1.807) is 0 Å². The Morgan fingerprint density at radius 2 is 1.91 bits per heavy atom. The molecule has 1 rings (SSSR count). The monoisotopic (exact) mass is 154 g/mol. The number of rotatable bonds is 2. The Morgan fingerprint density at radius 1 is 1.36 bits per heavy atom. The second-order valence-corrected chi connectivity index (χ2v) is 1.92. The Bertz CT molecular complexity index is 349. The highest BCUT2D eigenvalue weighted by Gasteiger charge is 1.99. The second-order valence-electron chi connectivity index (χ2n) is 1.92. The third-order valence-electron chi connectivity index (χ3n) is 1.21. The van der Waals surface area contributed by atoms with Crippen LogP contribution in [0.1, 0.15) is 6.42 Å². The Balaban J connectivity index is 2.95. The van der Waals surface area contributed by atoms with Crippen LogP contribution in [0, 0.1) is 11.3 Å². The molecular formula is C5H6N4O2. The van der Waals surface area contributed by atoms with Gasteiger partial charge in [0, 0.05) is 6.54 Å². The number of H-pyrrole nitrogens is 2. The van der Waals surface area contributed by atoms with Gasteiger partial charge in [-0.1, -0.05) is 0 Å². The quantitative estimate of drug-likeness (QED) is 0.558. The Kier molecular flexibility index (Phi) is 1.92. The molecule has 0 bridgehead atoms. The summed E-state index contributed by atoms with van der Waals surface area (Å²) in [5.74, 6) is 0. The van der Waals surface area contributed by atoms with Gasteiger partial charge in [0.05, 0.1) is 12.5 Å². The van der Waals surface area contributed by atoms with Crippen molar-refractivity contribution in [2.75, 3.05) is 0 Å². The minimum atomic E-state index is -0.509. The fraction of sp³-hybridized carbons (Fsp3) is 0.400. The molecule has 1 aromatic rings. The minimum absolute atomic E-state index is 0.133. The van der Waals surface area contributed by atoms with Gasteiger partial charge in [0.15, 0.2) is 0 Å². The first kappa shape index (κ1) is 7.34. The maximum Gasteiger partial charge on any atom is 0.344 e. The van der Waals surface area contributed by atoms with Crippen LogP contribution in [0.3, 0.4) is 0 Å².